The molecule has 1 nitrogen and oxygen atoms in total. The van der Waals surface area contributed by atoms with E-state index in [-0.39, 0.29) is 0 Å². The Morgan fingerprint density at radius 2 is 1.94 bits per heavy atom. The van der Waals surface area contributed by atoms with Gasteiger partial charge in [0.2, 0.25) is 0 Å². The zero-order valence-corrected chi connectivity index (χ0v) is 12.8. The molecule has 0 atom stereocenters. The number of aldehydes is 1. The fourth-order valence-corrected chi connectivity index (χ4v) is 3.74. The molecule has 0 aliphatic heterocycles. The van der Waals surface area contributed by atoms with E-state index in [1.807, 2.05) is 6.07 Å². The van der Waals surface area contributed by atoms with Gasteiger partial charge in [-0.15, -0.1) is 11.3 Å². The Morgan fingerprint density at radius 3 is 2.56 bits per heavy atom. The summed E-state index contributed by atoms with van der Waals surface area (Å²) in [5.74, 6) is 0. The Morgan fingerprint density at radius 1 is 1.25 bits per heavy atom. The van der Waals surface area contributed by atoms with E-state index < -0.39 is 0 Å². The molecule has 16 heavy (non-hydrogen) atoms. The standard InChI is InChI=1S/C13H19IOS/c1-2-3-4-5-6-7-8-12-9-11(10-15)13(14)16-12/h9-10H,2-8H2,1H3. The first kappa shape index (κ1) is 14.2. The van der Waals surface area contributed by atoms with Crippen molar-refractivity contribution < 1.29 is 4.79 Å². The van der Waals surface area contributed by atoms with Crippen LogP contribution in [0.15, 0.2) is 6.07 Å². The summed E-state index contributed by atoms with van der Waals surface area (Å²) in [6.45, 7) is 2.24. The summed E-state index contributed by atoms with van der Waals surface area (Å²) in [5.41, 5.74) is 0.867. The smallest absolute Gasteiger partial charge is 0.151 e. The molecule has 0 bridgehead atoms. The SMILES string of the molecule is CCCCCCCCc1cc(C=O)c(I)s1. The van der Waals surface area contributed by atoms with Gasteiger partial charge in [0, 0.05) is 10.4 Å². The second kappa shape index (κ2) is 8.23. The van der Waals surface area contributed by atoms with Crippen LogP contribution in [0, 0.1) is 2.88 Å². The first-order valence-electron chi connectivity index (χ1n) is 6.01. The van der Waals surface area contributed by atoms with Crippen molar-refractivity contribution in [3.63, 3.8) is 0 Å². The Labute approximate surface area is 116 Å². The summed E-state index contributed by atoms with van der Waals surface area (Å²) < 4.78 is 1.13. The lowest BCUT2D eigenvalue weighted by Gasteiger charge is -1.98. The number of aryl methyl sites for hydroxylation is 1. The molecule has 1 aromatic rings. The average Bonchev–Trinajstić information content (AvgIpc) is 2.64. The van der Waals surface area contributed by atoms with Gasteiger partial charge < -0.3 is 0 Å². The summed E-state index contributed by atoms with van der Waals surface area (Å²) >= 11 is 4.01. The lowest BCUT2D eigenvalue weighted by atomic mass is 10.1. The van der Waals surface area contributed by atoms with Crippen molar-refractivity contribution in [3.8, 4) is 0 Å². The van der Waals surface area contributed by atoms with Crippen LogP contribution in [0.3, 0.4) is 0 Å². The minimum Gasteiger partial charge on any atom is -0.298 e. The number of hydrogen-bond acceptors (Lipinski definition) is 2. The maximum absolute atomic E-state index is 10.7. The van der Waals surface area contributed by atoms with Gasteiger partial charge in [0.1, 0.15) is 0 Å². The van der Waals surface area contributed by atoms with Crippen LogP contribution >= 0.6 is 33.9 Å². The minimum absolute atomic E-state index is 0.867. The van der Waals surface area contributed by atoms with Crippen molar-refractivity contribution in [2.24, 2.45) is 0 Å². The van der Waals surface area contributed by atoms with Crippen LogP contribution in [-0.2, 0) is 6.42 Å². The molecule has 90 valence electrons. The zero-order chi connectivity index (χ0) is 11.8. The molecule has 0 saturated carbocycles. The topological polar surface area (TPSA) is 17.1 Å². The van der Waals surface area contributed by atoms with Crippen molar-refractivity contribution in [1.29, 1.82) is 0 Å². The molecule has 0 aromatic carbocycles. The largest absolute Gasteiger partial charge is 0.298 e. The van der Waals surface area contributed by atoms with Gasteiger partial charge >= 0.3 is 0 Å². The van der Waals surface area contributed by atoms with Crippen molar-refractivity contribution in [1.82, 2.24) is 0 Å². The summed E-state index contributed by atoms with van der Waals surface area (Å²) in [4.78, 5) is 12.1. The molecule has 1 aromatic heterocycles. The van der Waals surface area contributed by atoms with Crippen molar-refractivity contribution in [2.45, 2.75) is 51.9 Å². The van der Waals surface area contributed by atoms with Gasteiger partial charge in [-0.05, 0) is 41.5 Å². The van der Waals surface area contributed by atoms with Crippen LogP contribution in [0.5, 0.6) is 0 Å². The van der Waals surface area contributed by atoms with E-state index in [1.54, 1.807) is 11.3 Å². The second-order valence-electron chi connectivity index (χ2n) is 4.08. The monoisotopic (exact) mass is 350 g/mol. The number of carbonyl (C=O) groups excluding carboxylic acids is 1. The normalized spacial score (nSPS) is 10.6. The van der Waals surface area contributed by atoms with Gasteiger partial charge in [-0.1, -0.05) is 39.0 Å². The van der Waals surface area contributed by atoms with Crippen LogP contribution in [0.1, 0.15) is 60.7 Å². The maximum atomic E-state index is 10.7. The molecule has 0 amide bonds. The summed E-state index contributed by atoms with van der Waals surface area (Å²) in [7, 11) is 0. The molecule has 0 fully saturated rings. The molecule has 1 heterocycles. The van der Waals surface area contributed by atoms with E-state index in [0.29, 0.717) is 0 Å². The third-order valence-corrected chi connectivity index (χ3v) is 4.95. The maximum Gasteiger partial charge on any atom is 0.151 e. The molecular formula is C13H19IOS. The fourth-order valence-electron chi connectivity index (χ4n) is 1.72. The number of hydrogen-bond donors (Lipinski definition) is 0. The molecule has 0 unspecified atom stereocenters. The van der Waals surface area contributed by atoms with Crippen LogP contribution in [0.25, 0.3) is 0 Å². The van der Waals surface area contributed by atoms with Crippen molar-refractivity contribution in [2.75, 3.05) is 0 Å². The second-order valence-corrected chi connectivity index (χ2v) is 7.02. The van der Waals surface area contributed by atoms with Gasteiger partial charge in [0.15, 0.2) is 6.29 Å². The molecule has 0 saturated heterocycles. The number of unbranched alkanes of at least 4 members (excludes halogenated alkanes) is 5. The van der Waals surface area contributed by atoms with E-state index in [2.05, 4.69) is 29.5 Å². The van der Waals surface area contributed by atoms with E-state index in [0.717, 1.165) is 21.2 Å². The number of carbonyl (C=O) groups is 1. The highest BCUT2D eigenvalue weighted by atomic mass is 127. The lowest BCUT2D eigenvalue weighted by Crippen LogP contribution is -1.83. The third kappa shape index (κ3) is 4.95. The number of halogens is 1. The van der Waals surface area contributed by atoms with Crippen LogP contribution in [0.4, 0.5) is 0 Å². The minimum atomic E-state index is 0.867. The summed E-state index contributed by atoms with van der Waals surface area (Å²) in [5, 5.41) is 0. The Balaban J connectivity index is 2.19. The molecule has 0 aliphatic rings. The Bertz CT molecular complexity index is 320. The van der Waals surface area contributed by atoms with E-state index in [1.165, 1.54) is 43.4 Å². The van der Waals surface area contributed by atoms with Gasteiger partial charge in [-0.2, -0.15) is 0 Å². The predicted molar refractivity (Wildman–Crippen MR) is 79.5 cm³/mol. The van der Waals surface area contributed by atoms with Crippen molar-refractivity contribution >= 4 is 40.2 Å². The molecular weight excluding hydrogens is 331 g/mol. The number of thiophene rings is 1. The van der Waals surface area contributed by atoms with Gasteiger partial charge in [-0.3, -0.25) is 4.79 Å². The molecule has 0 spiro atoms. The summed E-state index contributed by atoms with van der Waals surface area (Å²) in [6, 6.07) is 2.05. The van der Waals surface area contributed by atoms with E-state index in [9.17, 15) is 4.79 Å². The Hall–Kier alpha value is 0.100. The highest BCUT2D eigenvalue weighted by Crippen LogP contribution is 2.24. The van der Waals surface area contributed by atoms with Crippen LogP contribution < -0.4 is 0 Å². The molecule has 0 aliphatic carbocycles. The fraction of sp³-hybridized carbons (Fsp3) is 0.615. The van der Waals surface area contributed by atoms with Gasteiger partial charge in [0.25, 0.3) is 0 Å². The first-order chi connectivity index (χ1) is 7.77. The number of rotatable bonds is 8. The molecule has 1 rings (SSSR count). The predicted octanol–water partition coefficient (Wildman–Crippen LogP) is 5.07. The van der Waals surface area contributed by atoms with E-state index in [4.69, 9.17) is 0 Å². The highest BCUT2D eigenvalue weighted by molar-refractivity contribution is 14.1. The zero-order valence-electron chi connectivity index (χ0n) is 9.80. The lowest BCUT2D eigenvalue weighted by molar-refractivity contribution is 0.112. The average molecular weight is 350 g/mol. The van der Waals surface area contributed by atoms with Crippen molar-refractivity contribution in [3.05, 3.63) is 19.4 Å². The summed E-state index contributed by atoms with van der Waals surface area (Å²) in [6.07, 6.45) is 10.1. The van der Waals surface area contributed by atoms with Crippen LogP contribution in [0.2, 0.25) is 0 Å². The Kier molecular flexibility index (Phi) is 7.28. The van der Waals surface area contributed by atoms with Gasteiger partial charge in [0.05, 0.1) is 2.88 Å². The van der Waals surface area contributed by atoms with E-state index >= 15 is 0 Å². The quantitative estimate of drug-likeness (QED) is 0.364. The third-order valence-electron chi connectivity index (χ3n) is 2.67. The molecule has 0 radical (unpaired) electrons. The van der Waals surface area contributed by atoms with Gasteiger partial charge in [-0.25, -0.2) is 0 Å². The molecule has 3 heteroatoms. The first-order valence-corrected chi connectivity index (χ1v) is 7.90. The highest BCUT2D eigenvalue weighted by Gasteiger charge is 2.05. The molecule has 0 N–H and O–H groups in total. The van der Waals surface area contributed by atoms with Crippen LogP contribution in [-0.4, -0.2) is 6.29 Å².